The van der Waals surface area contributed by atoms with Crippen LogP contribution in [0.25, 0.3) is 10.9 Å². The maximum absolute atomic E-state index is 13.0. The number of fused-ring (bicyclic) bond motifs is 1. The lowest BCUT2D eigenvalue weighted by atomic mass is 10.2. The molecule has 0 saturated carbocycles. The number of carbonyl (C=O) groups is 1. The molecule has 28 heavy (non-hydrogen) atoms. The van der Waals surface area contributed by atoms with Gasteiger partial charge in [0.25, 0.3) is 5.56 Å². The molecule has 8 heteroatoms. The summed E-state index contributed by atoms with van der Waals surface area (Å²) in [4.78, 5) is 29.9. The first kappa shape index (κ1) is 20.4. The van der Waals surface area contributed by atoms with Crippen molar-refractivity contribution in [2.45, 2.75) is 18.1 Å². The molecule has 0 aliphatic carbocycles. The summed E-state index contributed by atoms with van der Waals surface area (Å²) in [5.41, 5.74) is 1.12. The summed E-state index contributed by atoms with van der Waals surface area (Å²) >= 11 is 7.08. The van der Waals surface area contributed by atoms with Crippen molar-refractivity contribution < 1.29 is 9.53 Å². The molecule has 146 valence electrons. The molecule has 0 spiro atoms. The van der Waals surface area contributed by atoms with Gasteiger partial charge in [-0.3, -0.25) is 14.2 Å². The normalized spacial score (nSPS) is 12.1. The molecule has 1 N–H and O–H groups in total. The number of aromatic nitrogens is 2. The van der Waals surface area contributed by atoms with Crippen molar-refractivity contribution in [3.05, 3.63) is 63.9 Å². The molecule has 0 fully saturated rings. The number of thioether (sulfide) groups is 1. The second-order valence-electron chi connectivity index (χ2n) is 6.23. The van der Waals surface area contributed by atoms with Crippen molar-refractivity contribution in [2.75, 3.05) is 24.8 Å². The van der Waals surface area contributed by atoms with E-state index in [-0.39, 0.29) is 23.3 Å². The summed E-state index contributed by atoms with van der Waals surface area (Å²) in [6.07, 6.45) is 0. The monoisotopic (exact) mass is 417 g/mol. The van der Waals surface area contributed by atoms with Crippen molar-refractivity contribution in [1.82, 2.24) is 9.55 Å². The van der Waals surface area contributed by atoms with E-state index in [0.717, 1.165) is 0 Å². The minimum absolute atomic E-state index is 0.118. The van der Waals surface area contributed by atoms with E-state index in [1.54, 1.807) is 48.1 Å². The van der Waals surface area contributed by atoms with Crippen molar-refractivity contribution >= 4 is 45.9 Å². The number of amides is 1. The van der Waals surface area contributed by atoms with Crippen molar-refractivity contribution in [3.8, 4) is 0 Å². The van der Waals surface area contributed by atoms with Crippen LogP contribution in [0.2, 0.25) is 5.02 Å². The number of hydrogen-bond acceptors (Lipinski definition) is 5. The van der Waals surface area contributed by atoms with Gasteiger partial charge in [0.15, 0.2) is 5.16 Å². The number of ether oxygens (including phenoxy) is 1. The zero-order valence-electron chi connectivity index (χ0n) is 15.5. The maximum Gasteiger partial charge on any atom is 0.262 e. The second kappa shape index (κ2) is 9.23. The molecule has 1 atom stereocenters. The van der Waals surface area contributed by atoms with Gasteiger partial charge < -0.3 is 10.1 Å². The molecule has 0 aliphatic rings. The molecule has 0 aliphatic heterocycles. The van der Waals surface area contributed by atoms with Gasteiger partial charge in [-0.2, -0.15) is 0 Å². The molecule has 2 aromatic carbocycles. The molecule has 1 aromatic heterocycles. The lowest BCUT2D eigenvalue weighted by molar-refractivity contribution is -0.113. The molecule has 0 saturated heterocycles. The number of nitrogens with zero attached hydrogens (tertiary/aromatic N) is 2. The third-order valence-corrected chi connectivity index (χ3v) is 5.29. The zero-order valence-corrected chi connectivity index (χ0v) is 17.1. The highest BCUT2D eigenvalue weighted by Crippen LogP contribution is 2.22. The second-order valence-corrected chi connectivity index (χ2v) is 7.61. The fourth-order valence-electron chi connectivity index (χ4n) is 2.79. The Morgan fingerprint density at radius 1 is 1.25 bits per heavy atom. The summed E-state index contributed by atoms with van der Waals surface area (Å²) in [6, 6.07) is 13.9. The van der Waals surface area contributed by atoms with E-state index in [9.17, 15) is 9.59 Å². The molecule has 1 amide bonds. The molecule has 1 heterocycles. The smallest absolute Gasteiger partial charge is 0.262 e. The topological polar surface area (TPSA) is 73.2 Å². The largest absolute Gasteiger partial charge is 0.383 e. The Morgan fingerprint density at radius 2 is 1.96 bits per heavy atom. The third kappa shape index (κ3) is 4.73. The molecule has 0 unspecified atom stereocenters. The first-order valence-corrected chi connectivity index (χ1v) is 10.0. The quantitative estimate of drug-likeness (QED) is 0.465. The van der Waals surface area contributed by atoms with Gasteiger partial charge >= 0.3 is 0 Å². The van der Waals surface area contributed by atoms with Crippen LogP contribution in [0.15, 0.2) is 58.5 Å². The third-order valence-electron chi connectivity index (χ3n) is 4.08. The number of hydrogen-bond donors (Lipinski definition) is 1. The van der Waals surface area contributed by atoms with Gasteiger partial charge in [-0.1, -0.05) is 35.5 Å². The molecule has 0 bridgehead atoms. The number of methoxy groups -OCH3 is 1. The average molecular weight is 418 g/mol. The van der Waals surface area contributed by atoms with Crippen LogP contribution in [-0.4, -0.2) is 34.9 Å². The van der Waals surface area contributed by atoms with Crippen LogP contribution in [0.3, 0.4) is 0 Å². The fourth-order valence-corrected chi connectivity index (χ4v) is 3.82. The molecule has 6 nitrogen and oxygen atoms in total. The number of para-hydroxylation sites is 1. The number of benzene rings is 2. The Hall–Kier alpha value is -2.35. The van der Waals surface area contributed by atoms with Gasteiger partial charge in [0.1, 0.15) is 0 Å². The van der Waals surface area contributed by atoms with Crippen LogP contribution in [0.1, 0.15) is 13.0 Å². The summed E-state index contributed by atoms with van der Waals surface area (Å²) in [5, 5.41) is 4.44. The van der Waals surface area contributed by atoms with E-state index >= 15 is 0 Å². The lowest BCUT2D eigenvalue weighted by Crippen LogP contribution is -2.29. The number of halogens is 1. The summed E-state index contributed by atoms with van der Waals surface area (Å²) < 4.78 is 6.80. The molecular formula is C20H20ClN3O3S. The molecule has 3 aromatic rings. The zero-order chi connectivity index (χ0) is 20.1. The van der Waals surface area contributed by atoms with Crippen LogP contribution >= 0.6 is 23.4 Å². The Labute approximate surface area is 171 Å². The summed E-state index contributed by atoms with van der Waals surface area (Å²) in [6.45, 7) is 2.25. The maximum atomic E-state index is 13.0. The van der Waals surface area contributed by atoms with Gasteiger partial charge in [-0.15, -0.1) is 0 Å². The minimum Gasteiger partial charge on any atom is -0.383 e. The van der Waals surface area contributed by atoms with Crippen molar-refractivity contribution in [1.29, 1.82) is 0 Å². The lowest BCUT2D eigenvalue weighted by Gasteiger charge is -2.18. The van der Waals surface area contributed by atoms with Gasteiger partial charge in [0.2, 0.25) is 5.91 Å². The van der Waals surface area contributed by atoms with E-state index < -0.39 is 0 Å². The predicted molar refractivity (Wildman–Crippen MR) is 113 cm³/mol. The number of carbonyl (C=O) groups excluding carboxylic acids is 1. The Morgan fingerprint density at radius 3 is 2.68 bits per heavy atom. The van der Waals surface area contributed by atoms with Gasteiger partial charge in [-0.25, -0.2) is 4.98 Å². The van der Waals surface area contributed by atoms with E-state index in [1.165, 1.54) is 11.8 Å². The van der Waals surface area contributed by atoms with Crippen molar-refractivity contribution in [3.63, 3.8) is 0 Å². The van der Waals surface area contributed by atoms with Gasteiger partial charge in [0.05, 0.1) is 29.3 Å². The van der Waals surface area contributed by atoms with Gasteiger partial charge in [0, 0.05) is 17.8 Å². The van der Waals surface area contributed by atoms with Crippen LogP contribution < -0.4 is 10.9 Å². The Balaban J connectivity index is 1.84. The highest BCUT2D eigenvalue weighted by molar-refractivity contribution is 7.99. The van der Waals surface area contributed by atoms with Crippen LogP contribution in [0, 0.1) is 0 Å². The van der Waals surface area contributed by atoms with E-state index in [1.807, 2.05) is 19.1 Å². The molecule has 3 rings (SSSR count). The number of rotatable bonds is 7. The molecule has 0 radical (unpaired) electrons. The SMILES string of the molecule is COC[C@H](C)n1c(SCC(=O)Nc2ccc(Cl)cc2)nc2ccccc2c1=O. The standard InChI is InChI=1S/C20H20ClN3O3S/c1-13(11-27-2)24-19(26)16-5-3-4-6-17(16)23-20(24)28-12-18(25)22-15-9-7-14(21)8-10-15/h3-10,13H,11-12H2,1-2H3,(H,22,25)/t13-/m0/s1. The highest BCUT2D eigenvalue weighted by Gasteiger charge is 2.17. The first-order valence-electron chi connectivity index (χ1n) is 8.68. The molecular weight excluding hydrogens is 398 g/mol. The number of anilines is 1. The van der Waals surface area contributed by atoms with Gasteiger partial charge in [-0.05, 0) is 43.3 Å². The Bertz CT molecular complexity index is 1040. The summed E-state index contributed by atoms with van der Waals surface area (Å²) in [5.74, 6) is -0.0757. The minimum atomic E-state index is -0.212. The number of nitrogens with one attached hydrogen (secondary N) is 1. The van der Waals surface area contributed by atoms with E-state index in [2.05, 4.69) is 10.3 Å². The van der Waals surface area contributed by atoms with Crippen LogP contribution in [-0.2, 0) is 9.53 Å². The Kier molecular flexibility index (Phi) is 6.72. The summed E-state index contributed by atoms with van der Waals surface area (Å²) in [7, 11) is 1.59. The fraction of sp³-hybridized carbons (Fsp3) is 0.250. The average Bonchev–Trinajstić information content (AvgIpc) is 2.68. The highest BCUT2D eigenvalue weighted by atomic mass is 35.5. The van der Waals surface area contributed by atoms with Crippen LogP contribution in [0.5, 0.6) is 0 Å². The predicted octanol–water partition coefficient (Wildman–Crippen LogP) is 3.99. The van der Waals surface area contributed by atoms with E-state index in [4.69, 9.17) is 16.3 Å². The first-order chi connectivity index (χ1) is 13.5. The van der Waals surface area contributed by atoms with Crippen molar-refractivity contribution in [2.24, 2.45) is 0 Å². The van der Waals surface area contributed by atoms with Crippen LogP contribution in [0.4, 0.5) is 5.69 Å². The van der Waals surface area contributed by atoms with E-state index in [0.29, 0.717) is 33.4 Å².